The van der Waals surface area contributed by atoms with Crippen LogP contribution in [-0.2, 0) is 0 Å². The van der Waals surface area contributed by atoms with Gasteiger partial charge in [-0.25, -0.2) is 5.01 Å². The van der Waals surface area contributed by atoms with Crippen molar-refractivity contribution in [2.75, 3.05) is 7.11 Å². The molecular formula is C22H19N3O3. The van der Waals surface area contributed by atoms with Crippen LogP contribution in [0.3, 0.4) is 0 Å². The third kappa shape index (κ3) is 2.57. The molecule has 6 heteroatoms. The van der Waals surface area contributed by atoms with E-state index in [0.717, 1.165) is 28.2 Å². The summed E-state index contributed by atoms with van der Waals surface area (Å²) in [5.41, 5.74) is 3.50. The minimum atomic E-state index is -0.425. The zero-order valence-electron chi connectivity index (χ0n) is 15.3. The summed E-state index contributed by atoms with van der Waals surface area (Å²) in [6.07, 6.45) is 3.76. The predicted octanol–water partition coefficient (Wildman–Crippen LogP) is 4.04. The van der Waals surface area contributed by atoms with E-state index in [1.54, 1.807) is 25.6 Å². The molecule has 2 atom stereocenters. The Kier molecular flexibility index (Phi) is 3.90. The SMILES string of the molecule is COc1cccc2c1O[C@H](c1cccnc1)N1N=C(c3ccccc3O)C[C@@H]21. The Balaban J connectivity index is 1.64. The lowest BCUT2D eigenvalue weighted by Crippen LogP contribution is -2.33. The number of aromatic nitrogens is 1. The van der Waals surface area contributed by atoms with Crippen LogP contribution in [0.25, 0.3) is 0 Å². The van der Waals surface area contributed by atoms with Crippen molar-refractivity contribution >= 4 is 5.71 Å². The van der Waals surface area contributed by atoms with Gasteiger partial charge in [-0.3, -0.25) is 4.98 Å². The van der Waals surface area contributed by atoms with E-state index in [2.05, 4.69) is 4.98 Å². The third-order valence-corrected chi connectivity index (χ3v) is 5.18. The largest absolute Gasteiger partial charge is 0.507 e. The van der Waals surface area contributed by atoms with Crippen LogP contribution in [0.15, 0.2) is 72.1 Å². The maximum Gasteiger partial charge on any atom is 0.215 e. The molecule has 1 aromatic heterocycles. The van der Waals surface area contributed by atoms with E-state index in [1.807, 2.05) is 53.5 Å². The molecule has 0 aliphatic carbocycles. The Hall–Kier alpha value is -3.54. The predicted molar refractivity (Wildman–Crippen MR) is 104 cm³/mol. The molecule has 2 aliphatic heterocycles. The van der Waals surface area contributed by atoms with Gasteiger partial charge in [0.1, 0.15) is 5.75 Å². The maximum absolute atomic E-state index is 10.3. The molecule has 5 rings (SSSR count). The van der Waals surface area contributed by atoms with Crippen molar-refractivity contribution in [3.63, 3.8) is 0 Å². The van der Waals surface area contributed by atoms with Crippen LogP contribution in [0.4, 0.5) is 0 Å². The first-order valence-electron chi connectivity index (χ1n) is 9.14. The minimum absolute atomic E-state index is 0.0151. The van der Waals surface area contributed by atoms with Gasteiger partial charge in [0.25, 0.3) is 0 Å². The first-order chi connectivity index (χ1) is 13.8. The van der Waals surface area contributed by atoms with E-state index in [1.165, 1.54) is 0 Å². The summed E-state index contributed by atoms with van der Waals surface area (Å²) in [5, 5.41) is 17.1. The number of aromatic hydroxyl groups is 1. The van der Waals surface area contributed by atoms with Gasteiger partial charge in [0.15, 0.2) is 11.5 Å². The summed E-state index contributed by atoms with van der Waals surface area (Å²) in [6, 6.07) is 17.0. The number of ether oxygens (including phenoxy) is 2. The number of pyridine rings is 1. The summed E-state index contributed by atoms with van der Waals surface area (Å²) < 4.78 is 11.9. The molecule has 2 aliphatic rings. The minimum Gasteiger partial charge on any atom is -0.507 e. The van der Waals surface area contributed by atoms with E-state index < -0.39 is 6.23 Å². The van der Waals surface area contributed by atoms with Crippen LogP contribution < -0.4 is 9.47 Å². The van der Waals surface area contributed by atoms with Crippen LogP contribution in [0.1, 0.15) is 35.4 Å². The van der Waals surface area contributed by atoms with Crippen molar-refractivity contribution < 1.29 is 14.6 Å². The van der Waals surface area contributed by atoms with Gasteiger partial charge >= 0.3 is 0 Å². The highest BCUT2D eigenvalue weighted by Gasteiger charge is 2.42. The van der Waals surface area contributed by atoms with Gasteiger partial charge in [-0.1, -0.05) is 30.3 Å². The molecule has 6 nitrogen and oxygen atoms in total. The molecule has 0 saturated carbocycles. The molecule has 2 aromatic carbocycles. The van der Waals surface area contributed by atoms with E-state index in [-0.39, 0.29) is 11.8 Å². The number of nitrogens with zero attached hydrogens (tertiary/aromatic N) is 3. The molecule has 0 amide bonds. The number of phenols is 1. The Morgan fingerprint density at radius 3 is 2.79 bits per heavy atom. The maximum atomic E-state index is 10.3. The van der Waals surface area contributed by atoms with E-state index in [9.17, 15) is 5.11 Å². The van der Waals surface area contributed by atoms with Crippen LogP contribution >= 0.6 is 0 Å². The number of benzene rings is 2. The normalized spacial score (nSPS) is 20.0. The van der Waals surface area contributed by atoms with Gasteiger partial charge in [0, 0.05) is 35.5 Å². The molecule has 0 bridgehead atoms. The second-order valence-electron chi connectivity index (χ2n) is 6.80. The van der Waals surface area contributed by atoms with Crippen molar-refractivity contribution in [1.82, 2.24) is 9.99 Å². The van der Waals surface area contributed by atoms with E-state index >= 15 is 0 Å². The number of hydrogen-bond donors (Lipinski definition) is 1. The number of fused-ring (bicyclic) bond motifs is 3. The Morgan fingerprint density at radius 1 is 1.11 bits per heavy atom. The first-order valence-corrected chi connectivity index (χ1v) is 9.14. The molecule has 28 heavy (non-hydrogen) atoms. The van der Waals surface area contributed by atoms with Crippen molar-refractivity contribution in [3.8, 4) is 17.2 Å². The lowest BCUT2D eigenvalue weighted by Gasteiger charge is -2.38. The smallest absolute Gasteiger partial charge is 0.215 e. The fourth-order valence-electron chi connectivity index (χ4n) is 3.87. The molecule has 3 aromatic rings. The molecule has 140 valence electrons. The second kappa shape index (κ2) is 6.56. The Morgan fingerprint density at radius 2 is 2.00 bits per heavy atom. The van der Waals surface area contributed by atoms with Crippen molar-refractivity contribution in [2.45, 2.75) is 18.7 Å². The molecule has 0 saturated heterocycles. The highest BCUT2D eigenvalue weighted by atomic mass is 16.5. The second-order valence-corrected chi connectivity index (χ2v) is 6.80. The van der Waals surface area contributed by atoms with Gasteiger partial charge in [-0.05, 0) is 24.3 Å². The standard InChI is InChI=1S/C22H19N3O3/c1-27-20-10-4-8-16-18-12-17(15-7-2-3-9-19(15)26)24-25(18)22(28-21(16)20)14-6-5-11-23-13-14/h2-11,13,18,22,26H,12H2,1H3/t18-,22+/m0/s1. The third-order valence-electron chi connectivity index (χ3n) is 5.18. The van der Waals surface area contributed by atoms with Crippen molar-refractivity contribution in [2.24, 2.45) is 5.10 Å². The number of hydrazone groups is 1. The zero-order chi connectivity index (χ0) is 19.1. The number of para-hydroxylation sites is 2. The highest BCUT2D eigenvalue weighted by Crippen LogP contribution is 2.50. The molecule has 0 fully saturated rings. The number of hydrogen-bond acceptors (Lipinski definition) is 6. The average molecular weight is 373 g/mol. The van der Waals surface area contributed by atoms with Crippen LogP contribution in [-0.4, -0.2) is 27.9 Å². The van der Waals surface area contributed by atoms with E-state index in [4.69, 9.17) is 14.6 Å². The molecule has 0 unspecified atom stereocenters. The summed E-state index contributed by atoms with van der Waals surface area (Å²) >= 11 is 0. The van der Waals surface area contributed by atoms with Gasteiger partial charge in [0.05, 0.1) is 18.9 Å². The summed E-state index contributed by atoms with van der Waals surface area (Å²) in [5.74, 6) is 1.65. The molecule has 0 spiro atoms. The Labute approximate surface area is 162 Å². The van der Waals surface area contributed by atoms with Gasteiger partial charge in [-0.2, -0.15) is 5.10 Å². The van der Waals surface area contributed by atoms with Crippen LogP contribution in [0, 0.1) is 0 Å². The zero-order valence-corrected chi connectivity index (χ0v) is 15.3. The monoisotopic (exact) mass is 373 g/mol. The number of phenolic OH excluding ortho intramolecular Hbond substituents is 1. The highest BCUT2D eigenvalue weighted by molar-refractivity contribution is 6.04. The van der Waals surface area contributed by atoms with Crippen LogP contribution in [0.5, 0.6) is 17.2 Å². The molecule has 0 radical (unpaired) electrons. The van der Waals surface area contributed by atoms with Gasteiger partial charge in [0.2, 0.25) is 6.23 Å². The van der Waals surface area contributed by atoms with Crippen molar-refractivity contribution in [3.05, 3.63) is 83.7 Å². The fourth-order valence-corrected chi connectivity index (χ4v) is 3.87. The lowest BCUT2D eigenvalue weighted by molar-refractivity contribution is -0.0211. The topological polar surface area (TPSA) is 67.2 Å². The first kappa shape index (κ1) is 16.6. The lowest BCUT2D eigenvalue weighted by atomic mass is 9.95. The summed E-state index contributed by atoms with van der Waals surface area (Å²) in [7, 11) is 1.64. The number of methoxy groups -OCH3 is 1. The molecule has 1 N–H and O–H groups in total. The summed E-state index contributed by atoms with van der Waals surface area (Å²) in [4.78, 5) is 4.24. The van der Waals surface area contributed by atoms with Gasteiger partial charge in [-0.15, -0.1) is 0 Å². The van der Waals surface area contributed by atoms with Crippen LogP contribution in [0.2, 0.25) is 0 Å². The quantitative estimate of drug-likeness (QED) is 0.751. The summed E-state index contributed by atoms with van der Waals surface area (Å²) in [6.45, 7) is 0. The number of rotatable bonds is 3. The van der Waals surface area contributed by atoms with Gasteiger partial charge < -0.3 is 14.6 Å². The van der Waals surface area contributed by atoms with E-state index in [0.29, 0.717) is 12.2 Å². The Bertz CT molecular complexity index is 1050. The molecular weight excluding hydrogens is 354 g/mol. The average Bonchev–Trinajstić information content (AvgIpc) is 3.19. The van der Waals surface area contributed by atoms with Crippen molar-refractivity contribution in [1.29, 1.82) is 0 Å². The fraction of sp³-hybridized carbons (Fsp3) is 0.182. The molecule has 3 heterocycles.